The maximum absolute atomic E-state index is 11.5. The van der Waals surface area contributed by atoms with Crippen LogP contribution >= 0.6 is 0 Å². The number of carboxylic acid groups (broad SMARTS) is 1. The number of nitrogens with zero attached hydrogens (tertiary/aromatic N) is 2. The number of aliphatic carboxylic acids is 1. The summed E-state index contributed by atoms with van der Waals surface area (Å²) in [6.07, 6.45) is 5.39. The summed E-state index contributed by atoms with van der Waals surface area (Å²) in [7, 11) is 1.83. The molecular formula is C12H20N4O3. The fourth-order valence-corrected chi connectivity index (χ4v) is 1.68. The molecule has 3 N–H and O–H groups in total. The smallest absolute Gasteiger partial charge is 0.326 e. The molecule has 0 saturated heterocycles. The Balaban J connectivity index is 2.28. The van der Waals surface area contributed by atoms with Crippen LogP contribution in [0.5, 0.6) is 0 Å². The van der Waals surface area contributed by atoms with E-state index in [-0.39, 0.29) is 0 Å². The molecule has 19 heavy (non-hydrogen) atoms. The van der Waals surface area contributed by atoms with E-state index in [1.165, 1.54) is 0 Å². The minimum Gasteiger partial charge on any atom is -0.480 e. The molecule has 0 bridgehead atoms. The van der Waals surface area contributed by atoms with Gasteiger partial charge in [0.1, 0.15) is 6.04 Å². The van der Waals surface area contributed by atoms with E-state index < -0.39 is 18.0 Å². The van der Waals surface area contributed by atoms with Gasteiger partial charge in [0.2, 0.25) is 0 Å². The van der Waals surface area contributed by atoms with Crippen LogP contribution in [0.25, 0.3) is 0 Å². The van der Waals surface area contributed by atoms with Crippen LogP contribution in [0.1, 0.15) is 25.3 Å². The average Bonchev–Trinajstić information content (AvgIpc) is 2.74. The molecule has 0 radical (unpaired) electrons. The van der Waals surface area contributed by atoms with Gasteiger partial charge in [0, 0.05) is 19.8 Å². The molecule has 1 rings (SSSR count). The Morgan fingerprint density at radius 1 is 1.53 bits per heavy atom. The highest BCUT2D eigenvalue weighted by Crippen LogP contribution is 1.98. The Hall–Kier alpha value is -2.05. The van der Waals surface area contributed by atoms with Crippen LogP contribution in [-0.2, 0) is 18.3 Å². The van der Waals surface area contributed by atoms with E-state index in [1.807, 2.05) is 20.2 Å². The third kappa shape index (κ3) is 5.41. The van der Waals surface area contributed by atoms with Crippen molar-refractivity contribution in [1.82, 2.24) is 20.4 Å². The van der Waals surface area contributed by atoms with Gasteiger partial charge in [-0.05, 0) is 18.4 Å². The summed E-state index contributed by atoms with van der Waals surface area (Å²) in [4.78, 5) is 22.4. The topological polar surface area (TPSA) is 96.3 Å². The van der Waals surface area contributed by atoms with Crippen molar-refractivity contribution in [2.45, 2.75) is 32.2 Å². The average molecular weight is 268 g/mol. The molecular weight excluding hydrogens is 248 g/mol. The van der Waals surface area contributed by atoms with E-state index in [9.17, 15) is 9.59 Å². The lowest BCUT2D eigenvalue weighted by atomic mass is 10.2. The lowest BCUT2D eigenvalue weighted by molar-refractivity contribution is -0.139. The Morgan fingerprint density at radius 3 is 2.79 bits per heavy atom. The summed E-state index contributed by atoms with van der Waals surface area (Å²) < 4.78 is 1.69. The summed E-state index contributed by atoms with van der Waals surface area (Å²) in [6.45, 7) is 2.31. The van der Waals surface area contributed by atoms with Crippen molar-refractivity contribution in [3.8, 4) is 0 Å². The van der Waals surface area contributed by atoms with E-state index in [0.29, 0.717) is 25.8 Å². The SMILES string of the molecule is CCC[C@H](NC(=O)NCCc1cnn(C)c1)C(=O)O. The van der Waals surface area contributed by atoms with Gasteiger partial charge in [-0.2, -0.15) is 5.10 Å². The van der Waals surface area contributed by atoms with Gasteiger partial charge in [-0.15, -0.1) is 0 Å². The predicted octanol–water partition coefficient (Wildman–Crippen LogP) is 0.515. The van der Waals surface area contributed by atoms with Gasteiger partial charge in [-0.1, -0.05) is 13.3 Å². The number of aryl methyl sites for hydroxylation is 1. The molecule has 0 saturated carbocycles. The molecule has 0 fully saturated rings. The van der Waals surface area contributed by atoms with Crippen molar-refractivity contribution in [3.63, 3.8) is 0 Å². The van der Waals surface area contributed by atoms with E-state index in [1.54, 1.807) is 10.9 Å². The summed E-state index contributed by atoms with van der Waals surface area (Å²) in [6, 6.07) is -1.28. The Bertz CT molecular complexity index is 430. The number of rotatable bonds is 7. The first-order chi connectivity index (χ1) is 9.02. The van der Waals surface area contributed by atoms with Crippen molar-refractivity contribution >= 4 is 12.0 Å². The highest BCUT2D eigenvalue weighted by atomic mass is 16.4. The zero-order chi connectivity index (χ0) is 14.3. The zero-order valence-electron chi connectivity index (χ0n) is 11.2. The van der Waals surface area contributed by atoms with Gasteiger partial charge in [0.15, 0.2) is 0 Å². The Labute approximate surface area is 112 Å². The lowest BCUT2D eigenvalue weighted by Gasteiger charge is -2.14. The number of hydrogen-bond acceptors (Lipinski definition) is 3. The first-order valence-electron chi connectivity index (χ1n) is 6.27. The molecule has 0 aliphatic heterocycles. The second-order valence-corrected chi connectivity index (χ2v) is 4.35. The highest BCUT2D eigenvalue weighted by Gasteiger charge is 2.18. The molecule has 1 aromatic heterocycles. The van der Waals surface area contributed by atoms with Crippen LogP contribution in [-0.4, -0.2) is 39.5 Å². The minimum absolute atomic E-state index is 0.422. The van der Waals surface area contributed by atoms with Crippen molar-refractivity contribution in [1.29, 1.82) is 0 Å². The molecule has 7 nitrogen and oxygen atoms in total. The fraction of sp³-hybridized carbons (Fsp3) is 0.583. The van der Waals surface area contributed by atoms with E-state index in [2.05, 4.69) is 15.7 Å². The number of urea groups is 1. The van der Waals surface area contributed by atoms with Gasteiger partial charge in [-0.25, -0.2) is 9.59 Å². The number of carbonyl (C=O) groups excluding carboxylic acids is 1. The maximum Gasteiger partial charge on any atom is 0.326 e. The highest BCUT2D eigenvalue weighted by molar-refractivity contribution is 5.82. The van der Waals surface area contributed by atoms with Gasteiger partial charge in [0.25, 0.3) is 0 Å². The number of carbonyl (C=O) groups is 2. The third-order valence-corrected chi connectivity index (χ3v) is 2.64. The standard InChI is InChI=1S/C12H20N4O3/c1-3-4-10(11(17)18)15-12(19)13-6-5-9-7-14-16(2)8-9/h7-8,10H,3-6H2,1-2H3,(H,17,18)(H2,13,15,19)/t10-/m0/s1. The number of nitrogens with one attached hydrogen (secondary N) is 2. The zero-order valence-corrected chi connectivity index (χ0v) is 11.2. The molecule has 2 amide bonds. The fourth-order valence-electron chi connectivity index (χ4n) is 1.68. The van der Waals surface area contributed by atoms with Gasteiger partial charge < -0.3 is 15.7 Å². The lowest BCUT2D eigenvalue weighted by Crippen LogP contribution is -2.46. The molecule has 7 heteroatoms. The predicted molar refractivity (Wildman–Crippen MR) is 69.8 cm³/mol. The van der Waals surface area contributed by atoms with E-state index >= 15 is 0 Å². The quantitative estimate of drug-likeness (QED) is 0.671. The summed E-state index contributed by atoms with van der Waals surface area (Å²) in [5, 5.41) is 18.0. The summed E-state index contributed by atoms with van der Waals surface area (Å²) in [5.74, 6) is -1.01. The molecule has 0 aromatic carbocycles. The molecule has 1 heterocycles. The first kappa shape index (κ1) is 15.0. The van der Waals surface area contributed by atoms with Gasteiger partial charge in [-0.3, -0.25) is 4.68 Å². The van der Waals surface area contributed by atoms with Crippen LogP contribution in [0.2, 0.25) is 0 Å². The molecule has 1 atom stereocenters. The van der Waals surface area contributed by atoms with E-state index in [0.717, 1.165) is 5.56 Å². The molecule has 0 aliphatic carbocycles. The number of aromatic nitrogens is 2. The summed E-state index contributed by atoms with van der Waals surface area (Å²) >= 11 is 0. The van der Waals surface area contributed by atoms with Gasteiger partial charge >= 0.3 is 12.0 Å². The molecule has 1 aromatic rings. The second kappa shape index (κ2) is 7.40. The van der Waals surface area contributed by atoms with Gasteiger partial charge in [0.05, 0.1) is 6.20 Å². The largest absolute Gasteiger partial charge is 0.480 e. The van der Waals surface area contributed by atoms with E-state index in [4.69, 9.17) is 5.11 Å². The minimum atomic E-state index is -1.01. The van der Waals surface area contributed by atoms with Crippen LogP contribution in [0.3, 0.4) is 0 Å². The number of amides is 2. The molecule has 0 spiro atoms. The Morgan fingerprint density at radius 2 is 2.26 bits per heavy atom. The Kier molecular flexibility index (Phi) is 5.84. The third-order valence-electron chi connectivity index (χ3n) is 2.64. The molecule has 106 valence electrons. The monoisotopic (exact) mass is 268 g/mol. The number of carboxylic acids is 1. The molecule has 0 aliphatic rings. The van der Waals surface area contributed by atoms with Crippen LogP contribution in [0.4, 0.5) is 4.79 Å². The normalized spacial score (nSPS) is 11.9. The molecule has 0 unspecified atom stereocenters. The van der Waals surface area contributed by atoms with Crippen LogP contribution < -0.4 is 10.6 Å². The van der Waals surface area contributed by atoms with Crippen molar-refractivity contribution < 1.29 is 14.7 Å². The van der Waals surface area contributed by atoms with Crippen LogP contribution in [0.15, 0.2) is 12.4 Å². The van der Waals surface area contributed by atoms with Crippen molar-refractivity contribution in [2.75, 3.05) is 6.54 Å². The first-order valence-corrected chi connectivity index (χ1v) is 6.27. The second-order valence-electron chi connectivity index (χ2n) is 4.35. The maximum atomic E-state index is 11.5. The number of hydrogen-bond donors (Lipinski definition) is 3. The van der Waals surface area contributed by atoms with Crippen molar-refractivity contribution in [2.24, 2.45) is 7.05 Å². The summed E-state index contributed by atoms with van der Waals surface area (Å²) in [5.41, 5.74) is 1.02. The van der Waals surface area contributed by atoms with Crippen molar-refractivity contribution in [3.05, 3.63) is 18.0 Å². The van der Waals surface area contributed by atoms with Crippen LogP contribution in [0, 0.1) is 0 Å².